The minimum absolute atomic E-state index is 0.483. The highest BCUT2D eigenvalue weighted by atomic mass is 31.2. The highest BCUT2D eigenvalue weighted by Gasteiger charge is 2.45. The Hall–Kier alpha value is 0.680. The zero-order valence-corrected chi connectivity index (χ0v) is 17.4. The molecule has 3 unspecified atom stereocenters. The Labute approximate surface area is 140 Å². The van der Waals surface area contributed by atoms with E-state index in [1.54, 1.807) is 0 Å². The van der Waals surface area contributed by atoms with Gasteiger partial charge in [-0.3, -0.25) is 18.2 Å². The number of rotatable bonds is 4. The van der Waals surface area contributed by atoms with Crippen LogP contribution in [0.3, 0.4) is 0 Å². The summed E-state index contributed by atoms with van der Waals surface area (Å²) in [6.45, 7) is 7.10. The van der Waals surface area contributed by atoms with E-state index in [1.165, 1.54) is 31.4 Å². The normalized spacial score (nSPS) is 26.2. The summed E-state index contributed by atoms with van der Waals surface area (Å²) in [5.74, 6) is 0.483. The van der Waals surface area contributed by atoms with Crippen LogP contribution in [0, 0.1) is 5.92 Å². The standard InChI is InChI=1S/C15H32NO3P3/c1-13(2)14-9-7-5-4-6-8-10-15(3,11-12-16-14)22(17,18-20)19-21/h13H,4-12,20-21H2,1-3H3. The topological polar surface area (TPSA) is 47.9 Å². The summed E-state index contributed by atoms with van der Waals surface area (Å²) >= 11 is 0. The summed E-state index contributed by atoms with van der Waals surface area (Å²) in [6, 6.07) is 0. The zero-order chi connectivity index (χ0) is 16.6. The van der Waals surface area contributed by atoms with Gasteiger partial charge in [-0.05, 0) is 38.5 Å². The van der Waals surface area contributed by atoms with Gasteiger partial charge in [-0.15, -0.1) is 0 Å². The van der Waals surface area contributed by atoms with Crippen LogP contribution in [0.2, 0.25) is 0 Å². The fraction of sp³-hybridized carbons (Fsp3) is 0.933. The molecule has 1 aliphatic rings. The van der Waals surface area contributed by atoms with Crippen LogP contribution >= 0.6 is 26.5 Å². The minimum Gasteiger partial charge on any atom is -0.294 e. The Morgan fingerprint density at radius 2 is 1.68 bits per heavy atom. The summed E-state index contributed by atoms with van der Waals surface area (Å²) in [4.78, 5) is 4.81. The molecule has 0 saturated carbocycles. The second-order valence-corrected chi connectivity index (χ2v) is 10.5. The lowest BCUT2D eigenvalue weighted by atomic mass is 9.95. The van der Waals surface area contributed by atoms with Gasteiger partial charge in [0.25, 0.3) is 0 Å². The van der Waals surface area contributed by atoms with E-state index in [0.29, 0.717) is 12.5 Å². The largest absolute Gasteiger partial charge is 0.341 e. The Morgan fingerprint density at radius 3 is 2.27 bits per heavy atom. The summed E-state index contributed by atoms with van der Waals surface area (Å²) in [5.41, 5.74) is 1.29. The second-order valence-electron chi connectivity index (χ2n) is 6.75. The molecule has 0 N–H and O–H groups in total. The van der Waals surface area contributed by atoms with Crippen molar-refractivity contribution in [3.63, 3.8) is 0 Å². The molecule has 0 spiro atoms. The molecule has 1 rings (SSSR count). The van der Waals surface area contributed by atoms with Gasteiger partial charge in [-0.2, -0.15) is 0 Å². The molecule has 0 aromatic rings. The van der Waals surface area contributed by atoms with Crippen molar-refractivity contribution in [1.82, 2.24) is 0 Å². The predicted molar refractivity (Wildman–Crippen MR) is 102 cm³/mol. The summed E-state index contributed by atoms with van der Waals surface area (Å²) in [7, 11) is 1.07. The van der Waals surface area contributed by atoms with E-state index in [2.05, 4.69) is 32.8 Å². The van der Waals surface area contributed by atoms with Gasteiger partial charge in [0, 0.05) is 31.2 Å². The second kappa shape index (κ2) is 9.85. The first-order chi connectivity index (χ1) is 10.4. The van der Waals surface area contributed by atoms with Crippen LogP contribution in [0.25, 0.3) is 0 Å². The van der Waals surface area contributed by atoms with Gasteiger partial charge in [0.1, 0.15) is 0 Å². The molecule has 0 aromatic heterocycles. The average Bonchev–Trinajstić information content (AvgIpc) is 2.49. The molecular weight excluding hydrogens is 335 g/mol. The van der Waals surface area contributed by atoms with Crippen LogP contribution in [-0.2, 0) is 13.2 Å². The van der Waals surface area contributed by atoms with E-state index in [-0.39, 0.29) is 0 Å². The van der Waals surface area contributed by atoms with E-state index >= 15 is 0 Å². The summed E-state index contributed by atoms with van der Waals surface area (Å²) in [6.07, 6.45) is 8.61. The number of nitrogens with zero attached hydrogens (tertiary/aromatic N) is 1. The smallest absolute Gasteiger partial charge is 0.294 e. The highest BCUT2D eigenvalue weighted by Crippen LogP contribution is 2.65. The minimum atomic E-state index is -3.16. The Kier molecular flexibility index (Phi) is 9.28. The van der Waals surface area contributed by atoms with Crippen molar-refractivity contribution >= 4 is 32.2 Å². The van der Waals surface area contributed by atoms with Crippen LogP contribution in [0.1, 0.15) is 72.1 Å². The van der Waals surface area contributed by atoms with Crippen LogP contribution in [0.4, 0.5) is 0 Å². The van der Waals surface area contributed by atoms with Crippen LogP contribution in [-0.4, -0.2) is 17.4 Å². The maximum absolute atomic E-state index is 12.9. The number of aliphatic imine (C=N–C) groups is 1. The van der Waals surface area contributed by atoms with E-state index < -0.39 is 12.8 Å². The van der Waals surface area contributed by atoms with Gasteiger partial charge in [-0.25, -0.2) is 0 Å². The molecule has 1 aliphatic heterocycles. The quantitative estimate of drug-likeness (QED) is 0.592. The molecular formula is C15H32NO3P3. The van der Waals surface area contributed by atoms with E-state index in [1.807, 2.05) is 6.92 Å². The molecule has 0 aliphatic carbocycles. The van der Waals surface area contributed by atoms with Crippen molar-refractivity contribution < 1.29 is 13.2 Å². The van der Waals surface area contributed by atoms with E-state index in [0.717, 1.165) is 25.7 Å². The van der Waals surface area contributed by atoms with Crippen molar-refractivity contribution in [2.75, 3.05) is 6.54 Å². The van der Waals surface area contributed by atoms with Gasteiger partial charge in [0.05, 0.1) is 5.16 Å². The first-order valence-electron chi connectivity index (χ1n) is 8.29. The fourth-order valence-corrected chi connectivity index (χ4v) is 6.50. The third-order valence-electron chi connectivity index (χ3n) is 4.72. The van der Waals surface area contributed by atoms with Crippen molar-refractivity contribution in [3.8, 4) is 0 Å². The van der Waals surface area contributed by atoms with E-state index in [9.17, 15) is 4.57 Å². The molecule has 0 fully saturated rings. The molecule has 0 radical (unpaired) electrons. The van der Waals surface area contributed by atoms with Crippen molar-refractivity contribution in [3.05, 3.63) is 0 Å². The lowest BCUT2D eigenvalue weighted by Gasteiger charge is -2.34. The number of hydrogen-bond donors (Lipinski definition) is 0. The molecule has 1 heterocycles. The molecule has 0 saturated heterocycles. The summed E-state index contributed by atoms with van der Waals surface area (Å²) in [5, 5.41) is -0.485. The lowest BCUT2D eigenvalue weighted by molar-refractivity contribution is 0.353. The lowest BCUT2D eigenvalue weighted by Crippen LogP contribution is -2.27. The highest BCUT2D eigenvalue weighted by molar-refractivity contribution is 7.62. The van der Waals surface area contributed by atoms with Crippen molar-refractivity contribution in [2.45, 2.75) is 77.3 Å². The molecule has 130 valence electrons. The maximum Gasteiger partial charge on any atom is 0.341 e. The first-order valence-corrected chi connectivity index (χ1v) is 10.8. The zero-order valence-electron chi connectivity index (χ0n) is 14.2. The maximum atomic E-state index is 12.9. The molecule has 4 nitrogen and oxygen atoms in total. The SMILES string of the molecule is CC(C)C1=NCCC(C)(P(=O)(OP)OP)CCCCCCC1. The van der Waals surface area contributed by atoms with E-state index in [4.69, 9.17) is 13.6 Å². The van der Waals surface area contributed by atoms with Crippen molar-refractivity contribution in [1.29, 1.82) is 0 Å². The fourth-order valence-electron chi connectivity index (χ4n) is 3.01. The number of hydrogen-bond acceptors (Lipinski definition) is 4. The van der Waals surface area contributed by atoms with Crippen LogP contribution in [0.15, 0.2) is 4.99 Å². The Morgan fingerprint density at radius 1 is 1.09 bits per heavy atom. The van der Waals surface area contributed by atoms with Crippen LogP contribution < -0.4 is 0 Å². The third-order valence-corrected chi connectivity index (χ3v) is 8.71. The monoisotopic (exact) mass is 367 g/mol. The Bertz CT molecular complexity index is 407. The Balaban J connectivity index is 2.94. The van der Waals surface area contributed by atoms with Gasteiger partial charge in [0.2, 0.25) is 0 Å². The molecule has 7 heteroatoms. The van der Waals surface area contributed by atoms with Gasteiger partial charge >= 0.3 is 7.60 Å². The molecule has 3 atom stereocenters. The van der Waals surface area contributed by atoms with Crippen LogP contribution in [0.5, 0.6) is 0 Å². The van der Waals surface area contributed by atoms with Gasteiger partial charge in [0.15, 0.2) is 0 Å². The third kappa shape index (κ3) is 5.64. The van der Waals surface area contributed by atoms with Gasteiger partial charge in [-0.1, -0.05) is 39.5 Å². The molecule has 0 bridgehead atoms. The average molecular weight is 367 g/mol. The molecule has 0 aromatic carbocycles. The predicted octanol–water partition coefficient (Wildman–Crippen LogP) is 5.78. The van der Waals surface area contributed by atoms with Gasteiger partial charge < -0.3 is 0 Å². The van der Waals surface area contributed by atoms with Crippen molar-refractivity contribution in [2.24, 2.45) is 10.9 Å². The molecule has 22 heavy (non-hydrogen) atoms. The summed E-state index contributed by atoms with van der Waals surface area (Å²) < 4.78 is 23.3. The molecule has 0 amide bonds. The first kappa shape index (κ1) is 20.7.